The smallest absolute Gasteiger partial charge is 0.293 e. The number of nitrogens with zero attached hydrogens (tertiary/aromatic N) is 1. The molecule has 0 fully saturated rings. The van der Waals surface area contributed by atoms with Crippen molar-refractivity contribution in [3.8, 4) is 17.1 Å². The van der Waals surface area contributed by atoms with E-state index in [1.54, 1.807) is 30.3 Å². The number of anilines is 1. The summed E-state index contributed by atoms with van der Waals surface area (Å²) in [5.74, 6) is -0.00241. The molecule has 9 heteroatoms. The number of benzene rings is 1. The normalized spacial score (nSPS) is 10.4. The van der Waals surface area contributed by atoms with Gasteiger partial charge in [0.25, 0.3) is 5.91 Å². The van der Waals surface area contributed by atoms with Crippen molar-refractivity contribution in [3.63, 3.8) is 0 Å². The van der Waals surface area contributed by atoms with Crippen LogP contribution in [0.2, 0.25) is 10.0 Å². The number of aromatic nitrogens is 1. The van der Waals surface area contributed by atoms with Crippen LogP contribution in [0.3, 0.4) is 0 Å². The third-order valence-corrected chi connectivity index (χ3v) is 4.22. The summed E-state index contributed by atoms with van der Waals surface area (Å²) in [6.45, 7) is 0. The second kappa shape index (κ2) is 7.74. The second-order valence-electron chi connectivity index (χ2n) is 5.07. The second-order valence-corrected chi connectivity index (χ2v) is 6.29. The average molecular weight is 408 g/mol. The monoisotopic (exact) mass is 407 g/mol. The molecule has 2 heterocycles. The van der Waals surface area contributed by atoms with Crippen molar-refractivity contribution >= 4 is 52.3 Å². The largest absolute Gasteiger partial charge is 0.504 e. The van der Waals surface area contributed by atoms with Gasteiger partial charge in [0.1, 0.15) is 5.76 Å². The number of carbonyl (C=O) groups excluding carboxylic acids is 1. The van der Waals surface area contributed by atoms with Gasteiger partial charge >= 0.3 is 0 Å². The van der Waals surface area contributed by atoms with E-state index in [1.807, 2.05) is 0 Å². The Balaban J connectivity index is 1.69. The molecule has 0 spiro atoms. The van der Waals surface area contributed by atoms with Crippen molar-refractivity contribution in [3.05, 3.63) is 64.5 Å². The van der Waals surface area contributed by atoms with Crippen LogP contribution < -0.4 is 10.6 Å². The van der Waals surface area contributed by atoms with E-state index in [4.69, 9.17) is 39.8 Å². The number of nitrogens with one attached hydrogen (secondary N) is 2. The first-order valence-corrected chi connectivity index (χ1v) is 8.42. The predicted molar refractivity (Wildman–Crippen MR) is 104 cm³/mol. The molecule has 0 atom stereocenters. The van der Waals surface area contributed by atoms with Crippen molar-refractivity contribution in [2.75, 3.05) is 5.32 Å². The molecule has 0 aliphatic carbocycles. The van der Waals surface area contributed by atoms with Gasteiger partial charge in [-0.1, -0.05) is 23.2 Å². The van der Waals surface area contributed by atoms with Crippen LogP contribution in [0, 0.1) is 0 Å². The number of aromatic hydroxyl groups is 1. The van der Waals surface area contributed by atoms with Gasteiger partial charge in [-0.05, 0) is 54.7 Å². The van der Waals surface area contributed by atoms with E-state index in [-0.39, 0.29) is 22.4 Å². The van der Waals surface area contributed by atoms with E-state index in [2.05, 4.69) is 15.6 Å². The number of hydrogen-bond acceptors (Lipinski definition) is 5. The first kappa shape index (κ1) is 18.2. The fourth-order valence-corrected chi connectivity index (χ4v) is 2.55. The molecule has 0 saturated heterocycles. The van der Waals surface area contributed by atoms with E-state index in [0.717, 1.165) is 0 Å². The molecule has 0 unspecified atom stereocenters. The highest BCUT2D eigenvalue weighted by molar-refractivity contribution is 7.80. The number of carbonyl (C=O) groups is 1. The summed E-state index contributed by atoms with van der Waals surface area (Å²) in [7, 11) is 0. The van der Waals surface area contributed by atoms with Gasteiger partial charge in [-0.15, -0.1) is 0 Å². The van der Waals surface area contributed by atoms with Gasteiger partial charge in [-0.2, -0.15) is 0 Å². The summed E-state index contributed by atoms with van der Waals surface area (Å²) in [5.41, 5.74) is 0.678. The number of rotatable bonds is 3. The Bertz CT molecular complexity index is 991. The molecule has 0 saturated carbocycles. The maximum atomic E-state index is 12.2. The topological polar surface area (TPSA) is 87.4 Å². The highest BCUT2D eigenvalue weighted by Gasteiger charge is 2.15. The van der Waals surface area contributed by atoms with E-state index < -0.39 is 5.91 Å². The summed E-state index contributed by atoms with van der Waals surface area (Å²) in [6.07, 6.45) is 1.47. The zero-order chi connectivity index (χ0) is 18.7. The number of thiocarbonyl (C=S) groups is 1. The molecular weight excluding hydrogens is 397 g/mol. The maximum absolute atomic E-state index is 12.2. The molecule has 0 radical (unpaired) electrons. The molecule has 0 aliphatic rings. The Hall–Kier alpha value is -2.61. The number of halogens is 2. The van der Waals surface area contributed by atoms with Crippen LogP contribution in [0.5, 0.6) is 5.75 Å². The summed E-state index contributed by atoms with van der Waals surface area (Å²) >= 11 is 16.9. The molecule has 6 nitrogen and oxygen atoms in total. The quantitative estimate of drug-likeness (QED) is 0.554. The Kier molecular flexibility index (Phi) is 5.41. The lowest BCUT2D eigenvalue weighted by Gasteiger charge is -2.08. The summed E-state index contributed by atoms with van der Waals surface area (Å²) in [4.78, 5) is 16.1. The summed E-state index contributed by atoms with van der Waals surface area (Å²) < 4.78 is 5.53. The fourth-order valence-electron chi connectivity index (χ4n) is 2.06. The van der Waals surface area contributed by atoms with Gasteiger partial charge in [0, 0.05) is 11.8 Å². The Morgan fingerprint density at radius 2 is 1.96 bits per heavy atom. The van der Waals surface area contributed by atoms with Gasteiger partial charge in [-0.3, -0.25) is 10.1 Å². The Morgan fingerprint density at radius 3 is 2.69 bits per heavy atom. The van der Waals surface area contributed by atoms with Gasteiger partial charge in [0.2, 0.25) is 0 Å². The lowest BCUT2D eigenvalue weighted by atomic mass is 10.2. The zero-order valence-corrected chi connectivity index (χ0v) is 15.3. The SMILES string of the molecule is O=C(NC(=S)Nc1ncccc1O)c1ccc(-c2ccc(Cl)c(Cl)c2)o1. The first-order chi connectivity index (χ1) is 12.4. The van der Waals surface area contributed by atoms with Crippen molar-refractivity contribution < 1.29 is 14.3 Å². The Labute approximate surface area is 163 Å². The van der Waals surface area contributed by atoms with E-state index in [9.17, 15) is 9.90 Å². The van der Waals surface area contributed by atoms with E-state index in [1.165, 1.54) is 18.3 Å². The van der Waals surface area contributed by atoms with E-state index >= 15 is 0 Å². The third-order valence-electron chi connectivity index (χ3n) is 3.28. The van der Waals surface area contributed by atoms with Crippen molar-refractivity contribution in [2.45, 2.75) is 0 Å². The molecule has 132 valence electrons. The molecule has 2 aromatic heterocycles. The third kappa shape index (κ3) is 4.13. The van der Waals surface area contributed by atoms with Crippen LogP contribution in [0.1, 0.15) is 10.6 Å². The van der Waals surface area contributed by atoms with Gasteiger partial charge in [0.05, 0.1) is 10.0 Å². The van der Waals surface area contributed by atoms with Crippen molar-refractivity contribution in [1.29, 1.82) is 0 Å². The van der Waals surface area contributed by atoms with Crippen LogP contribution in [-0.4, -0.2) is 21.1 Å². The first-order valence-electron chi connectivity index (χ1n) is 7.25. The zero-order valence-electron chi connectivity index (χ0n) is 13.0. The number of pyridine rings is 1. The van der Waals surface area contributed by atoms with Crippen LogP contribution in [0.25, 0.3) is 11.3 Å². The van der Waals surface area contributed by atoms with Crippen LogP contribution in [0.15, 0.2) is 53.1 Å². The molecule has 26 heavy (non-hydrogen) atoms. The average Bonchev–Trinajstić information content (AvgIpc) is 3.09. The maximum Gasteiger partial charge on any atom is 0.293 e. The molecule has 0 bridgehead atoms. The van der Waals surface area contributed by atoms with E-state index in [0.29, 0.717) is 21.4 Å². The molecule has 3 aromatic rings. The summed E-state index contributed by atoms with van der Waals surface area (Å²) in [5, 5.41) is 15.5. The number of amides is 1. The molecule has 0 aliphatic heterocycles. The molecule has 3 rings (SSSR count). The molecule has 1 amide bonds. The highest BCUT2D eigenvalue weighted by atomic mass is 35.5. The molecule has 1 aromatic carbocycles. The van der Waals surface area contributed by atoms with Gasteiger partial charge in [0.15, 0.2) is 22.4 Å². The predicted octanol–water partition coefficient (Wildman–Crippen LogP) is 4.48. The molecule has 3 N–H and O–H groups in total. The summed E-state index contributed by atoms with van der Waals surface area (Å²) in [6, 6.07) is 11.2. The number of furan rings is 1. The van der Waals surface area contributed by atoms with Crippen molar-refractivity contribution in [2.24, 2.45) is 0 Å². The lowest BCUT2D eigenvalue weighted by Crippen LogP contribution is -2.34. The highest BCUT2D eigenvalue weighted by Crippen LogP contribution is 2.29. The fraction of sp³-hybridized carbons (Fsp3) is 0. The number of hydrogen-bond donors (Lipinski definition) is 3. The van der Waals surface area contributed by atoms with Gasteiger partial charge < -0.3 is 14.8 Å². The minimum atomic E-state index is -0.552. The van der Waals surface area contributed by atoms with Crippen molar-refractivity contribution in [1.82, 2.24) is 10.3 Å². The van der Waals surface area contributed by atoms with Crippen LogP contribution in [-0.2, 0) is 0 Å². The minimum absolute atomic E-state index is 0.0310. The van der Waals surface area contributed by atoms with Crippen LogP contribution in [0.4, 0.5) is 5.82 Å². The standard InChI is InChI=1S/C17H11Cl2N3O3S/c18-10-4-3-9(8-11(10)19)13-5-6-14(25-13)16(24)22-17(26)21-15-12(23)2-1-7-20-15/h1-8,23H,(H2,20,21,22,24,26). The lowest BCUT2D eigenvalue weighted by molar-refractivity contribution is 0.0951. The molecular formula is C17H11Cl2N3O3S. The van der Waals surface area contributed by atoms with Crippen LogP contribution >= 0.6 is 35.4 Å². The Morgan fingerprint density at radius 1 is 1.15 bits per heavy atom. The van der Waals surface area contributed by atoms with Gasteiger partial charge in [-0.25, -0.2) is 4.98 Å². The minimum Gasteiger partial charge on any atom is -0.504 e.